The Morgan fingerprint density at radius 2 is 1.85 bits per heavy atom. The molecule has 1 heterocycles. The Bertz CT molecular complexity index is 699. The van der Waals surface area contributed by atoms with Crippen molar-refractivity contribution in [1.82, 2.24) is 10.2 Å². The van der Waals surface area contributed by atoms with Crippen molar-refractivity contribution in [3.05, 3.63) is 35.4 Å². The van der Waals surface area contributed by atoms with Crippen LogP contribution < -0.4 is 5.32 Å². The molecule has 2 atom stereocenters. The van der Waals surface area contributed by atoms with Gasteiger partial charge < -0.3 is 10.1 Å². The zero-order valence-corrected chi connectivity index (χ0v) is 15.8. The van der Waals surface area contributed by atoms with E-state index in [1.165, 1.54) is 4.90 Å². The molecule has 1 aliphatic heterocycles. The second kappa shape index (κ2) is 7.92. The number of hydrogen-bond donors (Lipinski definition) is 1. The quantitative estimate of drug-likeness (QED) is 0.871. The second-order valence-electron chi connectivity index (χ2n) is 7.48. The van der Waals surface area contributed by atoms with Crippen LogP contribution in [0.25, 0.3) is 0 Å². The van der Waals surface area contributed by atoms with Gasteiger partial charge in [-0.2, -0.15) is 0 Å². The van der Waals surface area contributed by atoms with Crippen molar-refractivity contribution < 1.29 is 23.1 Å². The summed E-state index contributed by atoms with van der Waals surface area (Å²) in [4.78, 5) is 27.4. The molecular weight excluding hydrogens is 354 g/mol. The average Bonchev–Trinajstić information content (AvgIpc) is 2.99. The number of nitrogens with one attached hydrogen (secondary N) is 1. The maximum Gasteiger partial charge on any atom is 0.257 e. The highest BCUT2D eigenvalue weighted by atomic mass is 19.1. The maximum absolute atomic E-state index is 13.7. The van der Waals surface area contributed by atoms with Crippen LogP contribution in [0.4, 0.5) is 8.78 Å². The first-order valence-electron chi connectivity index (χ1n) is 9.60. The van der Waals surface area contributed by atoms with Gasteiger partial charge in [0.2, 0.25) is 5.91 Å². The fourth-order valence-electron chi connectivity index (χ4n) is 3.93. The maximum atomic E-state index is 13.7. The number of amides is 2. The lowest BCUT2D eigenvalue weighted by atomic mass is 9.89. The highest BCUT2D eigenvalue weighted by molar-refractivity contribution is 5.98. The van der Waals surface area contributed by atoms with Crippen molar-refractivity contribution in [2.75, 3.05) is 6.61 Å². The molecular formula is C20H26F2N2O3. The van der Waals surface area contributed by atoms with Crippen molar-refractivity contribution in [3.8, 4) is 0 Å². The molecule has 1 saturated heterocycles. The first kappa shape index (κ1) is 19.7. The highest BCUT2D eigenvalue weighted by Gasteiger charge is 2.53. The molecule has 1 aliphatic carbocycles. The van der Waals surface area contributed by atoms with E-state index in [9.17, 15) is 18.4 Å². The summed E-state index contributed by atoms with van der Waals surface area (Å²) in [6, 6.07) is 1.88. The minimum Gasteiger partial charge on any atom is -0.353 e. The molecule has 0 bridgehead atoms. The molecule has 0 unspecified atom stereocenters. The summed E-state index contributed by atoms with van der Waals surface area (Å²) < 4.78 is 33.3. The SMILES string of the molecule is CC[C@H](C)NC(=O)[C@H]1COC2(CCCCC2)N1C(=O)c1cc(F)cc(F)c1. The van der Waals surface area contributed by atoms with Gasteiger partial charge in [-0.3, -0.25) is 14.5 Å². The molecule has 1 N–H and O–H groups in total. The molecule has 27 heavy (non-hydrogen) atoms. The summed E-state index contributed by atoms with van der Waals surface area (Å²) in [5.41, 5.74) is -0.987. The van der Waals surface area contributed by atoms with E-state index >= 15 is 0 Å². The Balaban J connectivity index is 1.95. The molecule has 0 aromatic heterocycles. The van der Waals surface area contributed by atoms with Gasteiger partial charge in [0, 0.05) is 17.7 Å². The standard InChI is InChI=1S/C20H26F2N2O3/c1-3-13(2)23-18(25)17-12-27-20(7-5-4-6-8-20)24(17)19(26)14-9-15(21)11-16(22)10-14/h9-11,13,17H,3-8,12H2,1-2H3,(H,23,25)/t13-,17+/m0/s1. The van der Waals surface area contributed by atoms with Crippen LogP contribution in [0.2, 0.25) is 0 Å². The van der Waals surface area contributed by atoms with Gasteiger partial charge in [0.05, 0.1) is 6.61 Å². The van der Waals surface area contributed by atoms with Crippen LogP contribution in [0, 0.1) is 11.6 Å². The van der Waals surface area contributed by atoms with Gasteiger partial charge in [-0.1, -0.05) is 13.3 Å². The van der Waals surface area contributed by atoms with E-state index in [1.807, 2.05) is 13.8 Å². The van der Waals surface area contributed by atoms with Crippen molar-refractivity contribution in [1.29, 1.82) is 0 Å². The first-order valence-corrected chi connectivity index (χ1v) is 9.60. The molecule has 1 aromatic rings. The van der Waals surface area contributed by atoms with E-state index < -0.39 is 29.3 Å². The molecule has 3 rings (SSSR count). The number of carbonyl (C=O) groups is 2. The number of nitrogens with zero attached hydrogens (tertiary/aromatic N) is 1. The van der Waals surface area contributed by atoms with E-state index in [4.69, 9.17) is 4.74 Å². The van der Waals surface area contributed by atoms with Crippen LogP contribution in [0.5, 0.6) is 0 Å². The normalized spacial score (nSPS) is 22.7. The van der Waals surface area contributed by atoms with Gasteiger partial charge in [0.25, 0.3) is 5.91 Å². The van der Waals surface area contributed by atoms with E-state index in [0.29, 0.717) is 12.8 Å². The van der Waals surface area contributed by atoms with Gasteiger partial charge in [-0.25, -0.2) is 8.78 Å². The summed E-state index contributed by atoms with van der Waals surface area (Å²) in [7, 11) is 0. The van der Waals surface area contributed by atoms with Crippen LogP contribution >= 0.6 is 0 Å². The minimum absolute atomic E-state index is 0.0380. The predicted molar refractivity (Wildman–Crippen MR) is 96.0 cm³/mol. The third-order valence-corrected chi connectivity index (χ3v) is 5.53. The van der Waals surface area contributed by atoms with Crippen LogP contribution in [0.1, 0.15) is 62.7 Å². The average molecular weight is 380 g/mol. The number of carbonyl (C=O) groups excluding carboxylic acids is 2. The molecule has 148 valence electrons. The Morgan fingerprint density at radius 3 is 2.44 bits per heavy atom. The van der Waals surface area contributed by atoms with E-state index in [-0.39, 0.29) is 24.1 Å². The second-order valence-corrected chi connectivity index (χ2v) is 7.48. The molecule has 2 aliphatic rings. The summed E-state index contributed by atoms with van der Waals surface area (Å²) >= 11 is 0. The molecule has 1 saturated carbocycles. The molecule has 0 radical (unpaired) electrons. The number of benzene rings is 1. The Hall–Kier alpha value is -2.02. The monoisotopic (exact) mass is 380 g/mol. The number of hydrogen-bond acceptors (Lipinski definition) is 3. The van der Waals surface area contributed by atoms with Crippen LogP contribution in [0.15, 0.2) is 18.2 Å². The summed E-state index contributed by atoms with van der Waals surface area (Å²) in [5.74, 6) is -2.51. The minimum atomic E-state index is -0.879. The van der Waals surface area contributed by atoms with E-state index in [0.717, 1.165) is 43.9 Å². The molecule has 2 amide bonds. The fraction of sp³-hybridized carbons (Fsp3) is 0.600. The summed E-state index contributed by atoms with van der Waals surface area (Å²) in [5, 5.41) is 2.89. The Morgan fingerprint density at radius 1 is 1.22 bits per heavy atom. The van der Waals surface area contributed by atoms with Crippen LogP contribution in [0.3, 0.4) is 0 Å². The lowest BCUT2D eigenvalue weighted by Gasteiger charge is -2.41. The van der Waals surface area contributed by atoms with Crippen molar-refractivity contribution in [2.45, 2.75) is 70.2 Å². The Labute approximate surface area is 158 Å². The number of halogens is 2. The highest BCUT2D eigenvalue weighted by Crippen LogP contribution is 2.41. The largest absolute Gasteiger partial charge is 0.353 e. The van der Waals surface area contributed by atoms with Crippen LogP contribution in [-0.4, -0.2) is 41.1 Å². The summed E-state index contributed by atoms with van der Waals surface area (Å²) in [6.07, 6.45) is 4.77. The zero-order valence-electron chi connectivity index (χ0n) is 15.8. The third kappa shape index (κ3) is 3.98. The molecule has 1 aromatic carbocycles. The van der Waals surface area contributed by atoms with Gasteiger partial charge in [0.15, 0.2) is 0 Å². The molecule has 5 nitrogen and oxygen atoms in total. The van der Waals surface area contributed by atoms with Crippen LogP contribution in [-0.2, 0) is 9.53 Å². The fourth-order valence-corrected chi connectivity index (χ4v) is 3.93. The van der Waals surface area contributed by atoms with Crippen molar-refractivity contribution >= 4 is 11.8 Å². The van der Waals surface area contributed by atoms with Gasteiger partial charge in [-0.15, -0.1) is 0 Å². The van der Waals surface area contributed by atoms with Gasteiger partial charge >= 0.3 is 0 Å². The van der Waals surface area contributed by atoms with Crippen molar-refractivity contribution in [2.24, 2.45) is 0 Å². The number of rotatable bonds is 4. The Kier molecular flexibility index (Phi) is 5.79. The van der Waals surface area contributed by atoms with Gasteiger partial charge in [-0.05, 0) is 51.2 Å². The smallest absolute Gasteiger partial charge is 0.257 e. The lowest BCUT2D eigenvalue weighted by Crippen LogP contribution is -2.57. The lowest BCUT2D eigenvalue weighted by molar-refractivity contribution is -0.127. The van der Waals surface area contributed by atoms with Gasteiger partial charge in [0.1, 0.15) is 23.4 Å². The van der Waals surface area contributed by atoms with Crippen molar-refractivity contribution in [3.63, 3.8) is 0 Å². The number of ether oxygens (including phenoxy) is 1. The summed E-state index contributed by atoms with van der Waals surface area (Å²) in [6.45, 7) is 3.93. The topological polar surface area (TPSA) is 58.6 Å². The van der Waals surface area contributed by atoms with E-state index in [1.54, 1.807) is 0 Å². The third-order valence-electron chi connectivity index (χ3n) is 5.53. The molecule has 1 spiro atoms. The molecule has 7 heteroatoms. The molecule has 2 fully saturated rings. The first-order chi connectivity index (χ1) is 12.9. The predicted octanol–water partition coefficient (Wildman–Crippen LogP) is 3.38. The zero-order chi connectivity index (χ0) is 19.6. The van der Waals surface area contributed by atoms with E-state index in [2.05, 4.69) is 5.32 Å².